The van der Waals surface area contributed by atoms with Gasteiger partial charge >= 0.3 is 0 Å². The number of carbonyl (C=O) groups is 1. The molecule has 0 saturated carbocycles. The van der Waals surface area contributed by atoms with Gasteiger partial charge in [-0.05, 0) is 37.1 Å². The highest BCUT2D eigenvalue weighted by Crippen LogP contribution is 2.37. The highest BCUT2D eigenvalue weighted by Gasteiger charge is 2.32. The highest BCUT2D eigenvalue weighted by atomic mass is 79.9. The van der Waals surface area contributed by atoms with E-state index in [1.165, 1.54) is 5.01 Å². The normalized spacial score (nSPS) is 17.0. The number of benzene rings is 2. The van der Waals surface area contributed by atoms with E-state index in [-0.39, 0.29) is 17.7 Å². The zero-order valence-electron chi connectivity index (χ0n) is 13.4. The molecular formula is C19H19BrN2O2. The Balaban J connectivity index is 1.77. The molecule has 5 heteroatoms. The van der Waals surface area contributed by atoms with E-state index in [9.17, 15) is 9.90 Å². The van der Waals surface area contributed by atoms with Crippen LogP contribution < -0.4 is 0 Å². The Labute approximate surface area is 149 Å². The van der Waals surface area contributed by atoms with Crippen LogP contribution in [0.15, 0.2) is 58.1 Å². The van der Waals surface area contributed by atoms with E-state index < -0.39 is 0 Å². The molecule has 0 aromatic heterocycles. The molecule has 1 atom stereocenters. The van der Waals surface area contributed by atoms with E-state index in [0.717, 1.165) is 21.3 Å². The molecule has 1 aliphatic rings. The molecule has 1 heterocycles. The third-order valence-electron chi connectivity index (χ3n) is 4.14. The molecule has 1 N–H and O–H groups in total. The van der Waals surface area contributed by atoms with Gasteiger partial charge in [0.1, 0.15) is 5.75 Å². The Bertz CT molecular complexity index is 774. The van der Waals surface area contributed by atoms with Crippen molar-refractivity contribution >= 4 is 27.5 Å². The highest BCUT2D eigenvalue weighted by molar-refractivity contribution is 9.10. The van der Waals surface area contributed by atoms with Crippen molar-refractivity contribution in [2.75, 3.05) is 0 Å². The molecule has 1 unspecified atom stereocenters. The van der Waals surface area contributed by atoms with E-state index in [1.54, 1.807) is 12.1 Å². The van der Waals surface area contributed by atoms with Crippen molar-refractivity contribution in [2.24, 2.45) is 5.10 Å². The van der Waals surface area contributed by atoms with Crippen LogP contribution in [0.5, 0.6) is 5.75 Å². The summed E-state index contributed by atoms with van der Waals surface area (Å²) in [5.74, 6) is 0.161. The molecule has 0 aliphatic carbocycles. The maximum absolute atomic E-state index is 12.7. The van der Waals surface area contributed by atoms with E-state index in [1.807, 2.05) is 43.3 Å². The quantitative estimate of drug-likeness (QED) is 0.844. The van der Waals surface area contributed by atoms with Gasteiger partial charge in [-0.25, -0.2) is 5.01 Å². The number of hydrogen-bond donors (Lipinski definition) is 1. The molecule has 0 fully saturated rings. The van der Waals surface area contributed by atoms with Gasteiger partial charge in [-0.15, -0.1) is 0 Å². The molecule has 0 radical (unpaired) electrons. The summed E-state index contributed by atoms with van der Waals surface area (Å²) >= 11 is 3.42. The molecule has 0 bridgehead atoms. The van der Waals surface area contributed by atoms with Crippen molar-refractivity contribution in [3.63, 3.8) is 0 Å². The fourth-order valence-corrected chi connectivity index (χ4v) is 3.31. The van der Waals surface area contributed by atoms with Crippen molar-refractivity contribution in [3.8, 4) is 5.75 Å². The molecule has 1 aliphatic heterocycles. The summed E-state index contributed by atoms with van der Waals surface area (Å²) in [6, 6.07) is 15.0. The Hall–Kier alpha value is -2.14. The Morgan fingerprint density at radius 2 is 2.04 bits per heavy atom. The second-order valence-electron chi connectivity index (χ2n) is 5.98. The average Bonchev–Trinajstić information content (AvgIpc) is 2.97. The lowest BCUT2D eigenvalue weighted by Crippen LogP contribution is -2.27. The zero-order valence-corrected chi connectivity index (χ0v) is 15.0. The molecule has 24 heavy (non-hydrogen) atoms. The monoisotopic (exact) mass is 386 g/mol. The van der Waals surface area contributed by atoms with Gasteiger partial charge in [0.05, 0.1) is 6.04 Å². The standard InChI is InChI=1S/C19H19BrN2O2/c1-13-11-17(16-12-15(20)8-9-18(16)23)22(21-13)19(24)10-7-14-5-3-2-4-6-14/h2-6,8-9,12,17,23H,7,10-11H2,1H3. The molecule has 0 saturated heterocycles. The number of hydrogen-bond acceptors (Lipinski definition) is 3. The predicted molar refractivity (Wildman–Crippen MR) is 97.9 cm³/mol. The molecule has 4 nitrogen and oxygen atoms in total. The van der Waals surface area contributed by atoms with Crippen LogP contribution in [0.1, 0.15) is 36.9 Å². The Morgan fingerprint density at radius 3 is 2.79 bits per heavy atom. The van der Waals surface area contributed by atoms with Crippen LogP contribution in [-0.2, 0) is 11.2 Å². The minimum Gasteiger partial charge on any atom is -0.508 e. The number of phenolic OH excluding ortho intramolecular Hbond substituents is 1. The van der Waals surface area contributed by atoms with Crippen LogP contribution in [0.2, 0.25) is 0 Å². The summed E-state index contributed by atoms with van der Waals surface area (Å²) in [5, 5.41) is 16.1. The van der Waals surface area contributed by atoms with Crippen molar-refractivity contribution < 1.29 is 9.90 Å². The first-order valence-electron chi connectivity index (χ1n) is 7.93. The lowest BCUT2D eigenvalue weighted by atomic mass is 10.0. The Morgan fingerprint density at radius 1 is 1.29 bits per heavy atom. The van der Waals surface area contributed by atoms with Crippen LogP contribution in [0, 0.1) is 0 Å². The molecule has 0 spiro atoms. The fraction of sp³-hybridized carbons (Fsp3) is 0.263. The molecule has 3 rings (SSSR count). The van der Waals surface area contributed by atoms with E-state index in [2.05, 4.69) is 21.0 Å². The van der Waals surface area contributed by atoms with Gasteiger partial charge in [-0.2, -0.15) is 5.10 Å². The maximum atomic E-state index is 12.7. The second-order valence-corrected chi connectivity index (χ2v) is 6.90. The van der Waals surface area contributed by atoms with Gasteiger partial charge in [0.25, 0.3) is 0 Å². The third-order valence-corrected chi connectivity index (χ3v) is 4.63. The smallest absolute Gasteiger partial charge is 0.243 e. The van der Waals surface area contributed by atoms with E-state index >= 15 is 0 Å². The van der Waals surface area contributed by atoms with Crippen LogP contribution in [0.25, 0.3) is 0 Å². The van der Waals surface area contributed by atoms with Gasteiger partial charge in [0.15, 0.2) is 0 Å². The lowest BCUT2D eigenvalue weighted by molar-refractivity contribution is -0.133. The van der Waals surface area contributed by atoms with Gasteiger partial charge in [-0.3, -0.25) is 4.79 Å². The summed E-state index contributed by atoms with van der Waals surface area (Å²) in [6.45, 7) is 1.91. The molecule has 1 amide bonds. The first-order chi connectivity index (χ1) is 11.5. The van der Waals surface area contributed by atoms with Crippen LogP contribution >= 0.6 is 15.9 Å². The number of hydrazone groups is 1. The van der Waals surface area contributed by atoms with Crippen LogP contribution in [-0.4, -0.2) is 21.7 Å². The SMILES string of the molecule is CC1=NN(C(=O)CCc2ccccc2)C(c2cc(Br)ccc2O)C1. The summed E-state index contributed by atoms with van der Waals surface area (Å²) in [5.41, 5.74) is 2.75. The largest absolute Gasteiger partial charge is 0.508 e. The second kappa shape index (κ2) is 7.18. The summed E-state index contributed by atoms with van der Waals surface area (Å²) in [6.07, 6.45) is 1.72. The summed E-state index contributed by atoms with van der Waals surface area (Å²) in [4.78, 5) is 12.7. The molecular weight excluding hydrogens is 368 g/mol. The number of phenols is 1. The number of carbonyl (C=O) groups excluding carboxylic acids is 1. The summed E-state index contributed by atoms with van der Waals surface area (Å²) < 4.78 is 0.872. The maximum Gasteiger partial charge on any atom is 0.243 e. The number of rotatable bonds is 4. The van der Waals surface area contributed by atoms with E-state index in [0.29, 0.717) is 19.3 Å². The Kier molecular flexibility index (Phi) is 5.00. The van der Waals surface area contributed by atoms with E-state index in [4.69, 9.17) is 0 Å². The molecule has 2 aromatic carbocycles. The van der Waals surface area contributed by atoms with Crippen LogP contribution in [0.4, 0.5) is 0 Å². The first-order valence-corrected chi connectivity index (χ1v) is 8.72. The zero-order chi connectivity index (χ0) is 17.1. The number of aryl methyl sites for hydroxylation is 1. The van der Waals surface area contributed by atoms with Crippen LogP contribution in [0.3, 0.4) is 0 Å². The first kappa shape index (κ1) is 16.7. The van der Waals surface area contributed by atoms with Gasteiger partial charge in [0.2, 0.25) is 5.91 Å². The lowest BCUT2D eigenvalue weighted by Gasteiger charge is -2.23. The van der Waals surface area contributed by atoms with Gasteiger partial charge in [-0.1, -0.05) is 46.3 Å². The number of aromatic hydroxyl groups is 1. The van der Waals surface area contributed by atoms with Crippen molar-refractivity contribution in [3.05, 3.63) is 64.1 Å². The van der Waals surface area contributed by atoms with Gasteiger partial charge in [0, 0.05) is 28.6 Å². The topological polar surface area (TPSA) is 52.9 Å². The number of halogens is 1. The van der Waals surface area contributed by atoms with Crippen molar-refractivity contribution in [1.82, 2.24) is 5.01 Å². The number of amides is 1. The average molecular weight is 387 g/mol. The fourth-order valence-electron chi connectivity index (χ4n) is 2.93. The van der Waals surface area contributed by atoms with Crippen molar-refractivity contribution in [1.29, 1.82) is 0 Å². The minimum atomic E-state index is -0.245. The predicted octanol–water partition coefficient (Wildman–Crippen LogP) is 4.44. The van der Waals surface area contributed by atoms with Crippen molar-refractivity contribution in [2.45, 2.75) is 32.2 Å². The third kappa shape index (κ3) is 3.67. The molecule has 124 valence electrons. The van der Waals surface area contributed by atoms with Gasteiger partial charge < -0.3 is 5.11 Å². The molecule has 2 aromatic rings. The number of nitrogens with zero attached hydrogens (tertiary/aromatic N) is 2. The minimum absolute atomic E-state index is 0.0277. The summed E-state index contributed by atoms with van der Waals surface area (Å²) in [7, 11) is 0.